The van der Waals surface area contributed by atoms with Gasteiger partial charge in [-0.05, 0) is 42.7 Å². The van der Waals surface area contributed by atoms with Gasteiger partial charge in [-0.1, -0.05) is 24.3 Å². The van der Waals surface area contributed by atoms with E-state index in [1.165, 1.54) is 0 Å². The molecule has 2 aromatic rings. The lowest BCUT2D eigenvalue weighted by atomic mass is 9.96. The summed E-state index contributed by atoms with van der Waals surface area (Å²) in [5.41, 5.74) is 1.61. The summed E-state index contributed by atoms with van der Waals surface area (Å²) in [6.07, 6.45) is 1.58. The normalized spacial score (nSPS) is 20.0. The highest BCUT2D eigenvalue weighted by atomic mass is 32.2. The Morgan fingerprint density at radius 3 is 2.72 bits per heavy atom. The van der Waals surface area contributed by atoms with Gasteiger partial charge in [-0.2, -0.15) is 8.42 Å². The number of nitrogens with one attached hydrogen (secondary N) is 1. The first-order chi connectivity index (χ1) is 14.0. The molecule has 2 aliphatic heterocycles. The lowest BCUT2D eigenvalue weighted by Crippen LogP contribution is -2.45. The number of rotatable bonds is 4. The molecule has 0 aromatic heterocycles. The van der Waals surface area contributed by atoms with E-state index in [-0.39, 0.29) is 16.7 Å². The molecule has 0 bridgehead atoms. The summed E-state index contributed by atoms with van der Waals surface area (Å²) < 4.78 is 33.8. The molecule has 2 heterocycles. The quantitative estimate of drug-likeness (QED) is 0.830. The molecule has 1 N–H and O–H groups in total. The SMILES string of the molecule is COc1ccc(CNC(=O)C2CCCN(C3=NS(=O)(=O)c4ccccc43)C2)cc1. The predicted molar refractivity (Wildman–Crippen MR) is 109 cm³/mol. The third-order valence-corrected chi connectivity index (χ3v) is 6.66. The predicted octanol–water partition coefficient (Wildman–Crippen LogP) is 2.17. The molecule has 0 aliphatic carbocycles. The van der Waals surface area contributed by atoms with Gasteiger partial charge >= 0.3 is 0 Å². The molecule has 1 unspecified atom stereocenters. The van der Waals surface area contributed by atoms with E-state index in [0.29, 0.717) is 31.0 Å². The molecule has 4 rings (SSSR count). The summed E-state index contributed by atoms with van der Waals surface area (Å²) in [7, 11) is -2.04. The second kappa shape index (κ2) is 7.87. The van der Waals surface area contributed by atoms with Crippen LogP contribution in [0.5, 0.6) is 5.75 Å². The van der Waals surface area contributed by atoms with Crippen LogP contribution < -0.4 is 10.1 Å². The molecule has 1 saturated heterocycles. The maximum atomic E-state index is 12.7. The number of ether oxygens (including phenoxy) is 1. The van der Waals surface area contributed by atoms with Crippen LogP contribution >= 0.6 is 0 Å². The van der Waals surface area contributed by atoms with E-state index in [1.54, 1.807) is 31.4 Å². The van der Waals surface area contributed by atoms with Crippen LogP contribution in [0.15, 0.2) is 57.8 Å². The Bertz CT molecular complexity index is 1050. The molecule has 2 aliphatic rings. The van der Waals surface area contributed by atoms with E-state index < -0.39 is 10.0 Å². The van der Waals surface area contributed by atoms with Crippen molar-refractivity contribution < 1.29 is 17.9 Å². The van der Waals surface area contributed by atoms with Crippen LogP contribution in [0.4, 0.5) is 0 Å². The number of likely N-dealkylation sites (tertiary alicyclic amines) is 1. The zero-order valence-corrected chi connectivity index (χ0v) is 17.0. The zero-order valence-electron chi connectivity index (χ0n) is 16.2. The number of methoxy groups -OCH3 is 1. The first kappa shape index (κ1) is 19.4. The number of carbonyl (C=O) groups is 1. The molecule has 1 fully saturated rings. The number of hydrogen-bond acceptors (Lipinski definition) is 5. The molecular formula is C21H23N3O4S. The number of piperidine rings is 1. The lowest BCUT2D eigenvalue weighted by Gasteiger charge is -2.33. The standard InChI is InChI=1S/C21H23N3O4S/c1-28-17-10-8-15(9-11-17)13-22-21(25)16-5-4-12-24(14-16)20-18-6-2-3-7-19(18)29(26,27)23-20/h2-3,6-11,16H,4-5,12-14H2,1H3,(H,22,25). The Morgan fingerprint density at radius 2 is 1.97 bits per heavy atom. The Labute approximate surface area is 170 Å². The molecule has 8 heteroatoms. The molecule has 152 valence electrons. The molecule has 0 saturated carbocycles. The maximum absolute atomic E-state index is 12.7. The Morgan fingerprint density at radius 1 is 1.21 bits per heavy atom. The minimum Gasteiger partial charge on any atom is -0.497 e. The van der Waals surface area contributed by atoms with Gasteiger partial charge in [-0.3, -0.25) is 4.79 Å². The van der Waals surface area contributed by atoms with Gasteiger partial charge < -0.3 is 15.0 Å². The van der Waals surface area contributed by atoms with Crippen molar-refractivity contribution in [3.8, 4) is 5.75 Å². The van der Waals surface area contributed by atoms with Gasteiger partial charge in [0.05, 0.1) is 13.0 Å². The van der Waals surface area contributed by atoms with Crippen LogP contribution in [0.3, 0.4) is 0 Å². The summed E-state index contributed by atoms with van der Waals surface area (Å²) in [6.45, 7) is 1.58. The van der Waals surface area contributed by atoms with Crippen LogP contribution in [0, 0.1) is 5.92 Å². The van der Waals surface area contributed by atoms with Gasteiger partial charge in [0.25, 0.3) is 10.0 Å². The van der Waals surface area contributed by atoms with Crippen molar-refractivity contribution >= 4 is 21.8 Å². The van der Waals surface area contributed by atoms with E-state index in [1.807, 2.05) is 29.2 Å². The lowest BCUT2D eigenvalue weighted by molar-refractivity contribution is -0.126. The van der Waals surface area contributed by atoms with Crippen LogP contribution in [0.25, 0.3) is 0 Å². The third-order valence-electron chi connectivity index (χ3n) is 5.33. The van der Waals surface area contributed by atoms with E-state index >= 15 is 0 Å². The van der Waals surface area contributed by atoms with Crippen molar-refractivity contribution in [3.63, 3.8) is 0 Å². The number of nitrogens with zero attached hydrogens (tertiary/aromatic N) is 2. The largest absolute Gasteiger partial charge is 0.497 e. The summed E-state index contributed by atoms with van der Waals surface area (Å²) >= 11 is 0. The molecule has 1 amide bonds. The van der Waals surface area contributed by atoms with E-state index in [9.17, 15) is 13.2 Å². The number of sulfonamides is 1. The molecular weight excluding hydrogens is 390 g/mol. The fraction of sp³-hybridized carbons (Fsp3) is 0.333. The topological polar surface area (TPSA) is 88.1 Å². The molecule has 7 nitrogen and oxygen atoms in total. The van der Waals surface area contributed by atoms with Crippen molar-refractivity contribution in [2.75, 3.05) is 20.2 Å². The Balaban J connectivity index is 1.42. The zero-order chi connectivity index (χ0) is 20.4. The molecule has 29 heavy (non-hydrogen) atoms. The highest BCUT2D eigenvalue weighted by Crippen LogP contribution is 2.29. The molecule has 0 spiro atoms. The Hall–Kier alpha value is -2.87. The summed E-state index contributed by atoms with van der Waals surface area (Å²) in [5, 5.41) is 2.99. The van der Waals surface area contributed by atoms with Crippen LogP contribution in [-0.2, 0) is 21.4 Å². The average Bonchev–Trinajstić information content (AvgIpc) is 3.04. The first-order valence-corrected chi connectivity index (χ1v) is 11.0. The van der Waals surface area contributed by atoms with Crippen molar-refractivity contribution in [2.24, 2.45) is 10.3 Å². The summed E-state index contributed by atoms with van der Waals surface area (Å²) in [4.78, 5) is 14.9. The molecule has 0 radical (unpaired) electrons. The number of carbonyl (C=O) groups excluding carboxylic acids is 1. The van der Waals surface area contributed by atoms with Gasteiger partial charge in [0.2, 0.25) is 5.91 Å². The first-order valence-electron chi connectivity index (χ1n) is 9.58. The van der Waals surface area contributed by atoms with Crippen molar-refractivity contribution in [3.05, 3.63) is 59.7 Å². The van der Waals surface area contributed by atoms with Crippen LogP contribution in [0.2, 0.25) is 0 Å². The highest BCUT2D eigenvalue weighted by molar-refractivity contribution is 7.90. The number of amides is 1. The van der Waals surface area contributed by atoms with Gasteiger partial charge in [-0.25, -0.2) is 0 Å². The molecule has 1 atom stereocenters. The van der Waals surface area contributed by atoms with Gasteiger partial charge in [0.15, 0.2) is 5.84 Å². The van der Waals surface area contributed by atoms with Crippen molar-refractivity contribution in [2.45, 2.75) is 24.3 Å². The van der Waals surface area contributed by atoms with Crippen LogP contribution in [-0.4, -0.2) is 45.3 Å². The molecule has 2 aromatic carbocycles. The number of fused-ring (bicyclic) bond motifs is 1. The second-order valence-corrected chi connectivity index (χ2v) is 8.81. The second-order valence-electron chi connectivity index (χ2n) is 7.24. The van der Waals surface area contributed by atoms with E-state index in [4.69, 9.17) is 4.74 Å². The van der Waals surface area contributed by atoms with E-state index in [2.05, 4.69) is 9.71 Å². The van der Waals surface area contributed by atoms with E-state index in [0.717, 1.165) is 24.2 Å². The van der Waals surface area contributed by atoms with Crippen molar-refractivity contribution in [1.29, 1.82) is 0 Å². The van der Waals surface area contributed by atoms with Crippen molar-refractivity contribution in [1.82, 2.24) is 10.2 Å². The summed E-state index contributed by atoms with van der Waals surface area (Å²) in [6, 6.07) is 14.4. The fourth-order valence-electron chi connectivity index (χ4n) is 3.78. The maximum Gasteiger partial charge on any atom is 0.285 e. The minimum absolute atomic E-state index is 0.0275. The van der Waals surface area contributed by atoms with Gasteiger partial charge in [0, 0.05) is 25.2 Å². The van der Waals surface area contributed by atoms with Crippen LogP contribution in [0.1, 0.15) is 24.0 Å². The average molecular weight is 413 g/mol. The summed E-state index contributed by atoms with van der Waals surface area (Å²) in [5.74, 6) is 0.990. The highest BCUT2D eigenvalue weighted by Gasteiger charge is 2.35. The van der Waals surface area contributed by atoms with Gasteiger partial charge in [0.1, 0.15) is 10.6 Å². The van der Waals surface area contributed by atoms with Gasteiger partial charge in [-0.15, -0.1) is 4.40 Å². The minimum atomic E-state index is -3.66. The monoisotopic (exact) mass is 413 g/mol. The fourth-order valence-corrected chi connectivity index (χ4v) is 5.00. The smallest absolute Gasteiger partial charge is 0.285 e. The Kier molecular flexibility index (Phi) is 5.27. The number of amidine groups is 1. The number of hydrogen-bond donors (Lipinski definition) is 1. The number of benzene rings is 2. The third kappa shape index (κ3) is 3.98.